The molecule has 0 aromatic carbocycles. The summed E-state index contributed by atoms with van der Waals surface area (Å²) < 4.78 is 5.39. The largest absolute Gasteiger partial charge is 0.444 e. The Morgan fingerprint density at radius 1 is 1.25 bits per heavy atom. The van der Waals surface area contributed by atoms with Crippen molar-refractivity contribution in [2.24, 2.45) is 17.8 Å². The molecule has 2 bridgehead atoms. The van der Waals surface area contributed by atoms with E-state index >= 15 is 0 Å². The van der Waals surface area contributed by atoms with Crippen LogP contribution in [0.2, 0.25) is 0 Å². The number of amides is 1. The summed E-state index contributed by atoms with van der Waals surface area (Å²) in [6.07, 6.45) is 6.56. The molecule has 2 rings (SSSR count). The van der Waals surface area contributed by atoms with E-state index in [0.717, 1.165) is 25.2 Å². The van der Waals surface area contributed by atoms with Crippen LogP contribution in [-0.2, 0) is 4.74 Å². The molecular formula is C16H29NO3. The summed E-state index contributed by atoms with van der Waals surface area (Å²) in [5.74, 6) is 1.97. The lowest BCUT2D eigenvalue weighted by atomic mass is 9.81. The fraction of sp³-hybridized carbons (Fsp3) is 0.938. The third-order valence-corrected chi connectivity index (χ3v) is 4.72. The molecule has 0 unspecified atom stereocenters. The fourth-order valence-corrected chi connectivity index (χ4v) is 3.99. The molecule has 4 atom stereocenters. The third-order valence-electron chi connectivity index (χ3n) is 4.72. The van der Waals surface area contributed by atoms with E-state index in [1.54, 1.807) is 0 Å². The molecule has 0 aliphatic heterocycles. The highest BCUT2D eigenvalue weighted by Crippen LogP contribution is 2.50. The summed E-state index contributed by atoms with van der Waals surface area (Å²) >= 11 is 0. The number of unbranched alkanes of at least 4 members (excludes halogenated alkanes) is 1. The first-order chi connectivity index (χ1) is 9.40. The second-order valence-electron chi connectivity index (χ2n) is 7.39. The molecule has 2 aliphatic rings. The monoisotopic (exact) mass is 283 g/mol. The van der Waals surface area contributed by atoms with Gasteiger partial charge in [0.15, 0.2) is 0 Å². The molecule has 4 nitrogen and oxygen atoms in total. The van der Waals surface area contributed by atoms with E-state index in [9.17, 15) is 4.79 Å². The normalized spacial score (nSPS) is 32.4. The number of carbonyl (C=O) groups is 1. The first-order valence-electron chi connectivity index (χ1n) is 8.01. The number of fused-ring (bicyclic) bond motifs is 2. The van der Waals surface area contributed by atoms with Gasteiger partial charge in [0, 0.05) is 12.6 Å². The molecule has 2 saturated carbocycles. The molecule has 0 saturated heterocycles. The summed E-state index contributed by atoms with van der Waals surface area (Å²) in [6, 6.07) is 0.280. The van der Waals surface area contributed by atoms with Gasteiger partial charge in [-0.2, -0.15) is 0 Å². The second kappa shape index (κ2) is 6.33. The van der Waals surface area contributed by atoms with Crippen molar-refractivity contribution in [3.63, 3.8) is 0 Å². The topological polar surface area (TPSA) is 58.6 Å². The van der Waals surface area contributed by atoms with Gasteiger partial charge in [0.25, 0.3) is 0 Å². The zero-order chi connectivity index (χ0) is 14.8. The van der Waals surface area contributed by atoms with E-state index in [0.29, 0.717) is 11.8 Å². The number of hydrogen-bond donors (Lipinski definition) is 2. The highest BCUT2D eigenvalue weighted by molar-refractivity contribution is 5.68. The Kier molecular flexibility index (Phi) is 4.95. The van der Waals surface area contributed by atoms with E-state index in [2.05, 4.69) is 5.32 Å². The van der Waals surface area contributed by atoms with Gasteiger partial charge in [-0.05, 0) is 70.6 Å². The Morgan fingerprint density at radius 3 is 2.60 bits per heavy atom. The lowest BCUT2D eigenvalue weighted by Crippen LogP contribution is -2.46. The van der Waals surface area contributed by atoms with Crippen LogP contribution >= 0.6 is 0 Å². The van der Waals surface area contributed by atoms with E-state index in [-0.39, 0.29) is 18.7 Å². The molecule has 20 heavy (non-hydrogen) atoms. The highest BCUT2D eigenvalue weighted by atomic mass is 16.6. The number of nitrogens with one attached hydrogen (secondary N) is 1. The quantitative estimate of drug-likeness (QED) is 0.762. The van der Waals surface area contributed by atoms with Gasteiger partial charge in [0.1, 0.15) is 5.60 Å². The maximum atomic E-state index is 12.0. The number of rotatable bonds is 5. The number of ether oxygens (including phenoxy) is 1. The lowest BCUT2D eigenvalue weighted by Gasteiger charge is -2.32. The molecule has 0 radical (unpaired) electrons. The standard InChI is InChI=1S/C16H29NO3/c1-16(2,3)20-15(19)17-14-12-8-7-11(10-12)13(14)6-4-5-9-18/h11-14,18H,4-10H2,1-3H3,(H,17,19)/t11-,12+,13-,14-/m0/s1. The van der Waals surface area contributed by atoms with Crippen molar-refractivity contribution in [3.05, 3.63) is 0 Å². The minimum atomic E-state index is -0.436. The fourth-order valence-electron chi connectivity index (χ4n) is 3.99. The second-order valence-corrected chi connectivity index (χ2v) is 7.39. The SMILES string of the molecule is CC(C)(C)OC(=O)N[C@H]1[C@@H]2CC[C@@H](C2)[C@@H]1CCCCO. The average Bonchev–Trinajstić information content (AvgIpc) is 2.89. The summed E-state index contributed by atoms with van der Waals surface area (Å²) in [5.41, 5.74) is -0.436. The zero-order valence-electron chi connectivity index (χ0n) is 13.0. The smallest absolute Gasteiger partial charge is 0.407 e. The van der Waals surface area contributed by atoms with E-state index < -0.39 is 5.60 Å². The number of carbonyl (C=O) groups excluding carboxylic acids is 1. The minimum Gasteiger partial charge on any atom is -0.444 e. The van der Waals surface area contributed by atoms with E-state index in [1.807, 2.05) is 20.8 Å². The van der Waals surface area contributed by atoms with Crippen LogP contribution in [0.25, 0.3) is 0 Å². The van der Waals surface area contributed by atoms with Gasteiger partial charge in [0.05, 0.1) is 0 Å². The highest BCUT2D eigenvalue weighted by Gasteiger charge is 2.47. The summed E-state index contributed by atoms with van der Waals surface area (Å²) in [7, 11) is 0. The zero-order valence-corrected chi connectivity index (χ0v) is 13.0. The van der Waals surface area contributed by atoms with Crippen molar-refractivity contribution in [3.8, 4) is 0 Å². The predicted molar refractivity (Wildman–Crippen MR) is 78.4 cm³/mol. The molecule has 2 fully saturated rings. The van der Waals surface area contributed by atoms with Crippen molar-refractivity contribution in [1.82, 2.24) is 5.32 Å². The Balaban J connectivity index is 1.89. The van der Waals surface area contributed by atoms with Crippen LogP contribution in [0.1, 0.15) is 59.3 Å². The number of hydrogen-bond acceptors (Lipinski definition) is 3. The van der Waals surface area contributed by atoms with Gasteiger partial charge in [-0.25, -0.2) is 4.79 Å². The summed E-state index contributed by atoms with van der Waals surface area (Å²) in [4.78, 5) is 12.0. The van der Waals surface area contributed by atoms with Gasteiger partial charge in [-0.15, -0.1) is 0 Å². The third kappa shape index (κ3) is 3.87. The number of aliphatic hydroxyl groups is 1. The van der Waals surface area contributed by atoms with Crippen LogP contribution in [0.5, 0.6) is 0 Å². The van der Waals surface area contributed by atoms with E-state index in [1.165, 1.54) is 19.3 Å². The van der Waals surface area contributed by atoms with Gasteiger partial charge in [-0.3, -0.25) is 0 Å². The first-order valence-corrected chi connectivity index (χ1v) is 8.01. The van der Waals surface area contributed by atoms with Gasteiger partial charge in [-0.1, -0.05) is 6.42 Å². The van der Waals surface area contributed by atoms with Crippen molar-refractivity contribution >= 4 is 6.09 Å². The predicted octanol–water partition coefficient (Wildman–Crippen LogP) is 3.09. The molecule has 0 aromatic heterocycles. The van der Waals surface area contributed by atoms with Gasteiger partial charge < -0.3 is 15.2 Å². The summed E-state index contributed by atoms with van der Waals surface area (Å²) in [5, 5.41) is 12.0. The Morgan fingerprint density at radius 2 is 1.95 bits per heavy atom. The molecule has 0 heterocycles. The summed E-state index contributed by atoms with van der Waals surface area (Å²) in [6.45, 7) is 5.95. The van der Waals surface area contributed by atoms with Crippen LogP contribution < -0.4 is 5.32 Å². The molecular weight excluding hydrogens is 254 g/mol. The number of aliphatic hydroxyl groups excluding tert-OH is 1. The van der Waals surface area contributed by atoms with Crippen LogP contribution in [0, 0.1) is 17.8 Å². The van der Waals surface area contributed by atoms with E-state index in [4.69, 9.17) is 9.84 Å². The molecule has 0 spiro atoms. The molecule has 2 N–H and O–H groups in total. The minimum absolute atomic E-state index is 0.269. The van der Waals surface area contributed by atoms with Crippen LogP contribution in [-0.4, -0.2) is 29.4 Å². The van der Waals surface area contributed by atoms with Crippen LogP contribution in [0.15, 0.2) is 0 Å². The Labute approximate surface area is 122 Å². The van der Waals surface area contributed by atoms with Crippen molar-refractivity contribution in [2.75, 3.05) is 6.61 Å². The average molecular weight is 283 g/mol. The van der Waals surface area contributed by atoms with Crippen molar-refractivity contribution in [1.29, 1.82) is 0 Å². The van der Waals surface area contributed by atoms with Crippen molar-refractivity contribution < 1.29 is 14.6 Å². The lowest BCUT2D eigenvalue weighted by molar-refractivity contribution is 0.0458. The maximum absolute atomic E-state index is 12.0. The molecule has 4 heteroatoms. The Hall–Kier alpha value is -0.770. The molecule has 116 valence electrons. The molecule has 0 aromatic rings. The molecule has 2 aliphatic carbocycles. The Bertz CT molecular complexity index is 337. The van der Waals surface area contributed by atoms with Gasteiger partial charge >= 0.3 is 6.09 Å². The first kappa shape index (κ1) is 15.6. The molecule has 1 amide bonds. The van der Waals surface area contributed by atoms with Crippen LogP contribution in [0.3, 0.4) is 0 Å². The maximum Gasteiger partial charge on any atom is 0.407 e. The van der Waals surface area contributed by atoms with Crippen molar-refractivity contribution in [2.45, 2.75) is 70.9 Å². The van der Waals surface area contributed by atoms with Gasteiger partial charge in [0.2, 0.25) is 0 Å². The van der Waals surface area contributed by atoms with Crippen LogP contribution in [0.4, 0.5) is 4.79 Å². The number of alkyl carbamates (subject to hydrolysis) is 1.